The van der Waals surface area contributed by atoms with E-state index in [-0.39, 0.29) is 5.41 Å². The summed E-state index contributed by atoms with van der Waals surface area (Å²) in [5.74, 6) is 0.583. The van der Waals surface area contributed by atoms with Gasteiger partial charge in [-0.15, -0.1) is 0 Å². The number of hydrogen-bond acceptors (Lipinski definition) is 0. The van der Waals surface area contributed by atoms with E-state index in [0.29, 0.717) is 5.92 Å². The first-order valence-electron chi connectivity index (χ1n) is 7.59. The lowest BCUT2D eigenvalue weighted by atomic mass is 9.80. The molecular formula is C20H24. The maximum absolute atomic E-state index is 2.44. The summed E-state index contributed by atoms with van der Waals surface area (Å²) in [5.41, 5.74) is 10.3. The van der Waals surface area contributed by atoms with E-state index >= 15 is 0 Å². The van der Waals surface area contributed by atoms with E-state index in [0.717, 1.165) is 0 Å². The molecule has 0 spiro atoms. The molecule has 0 saturated carbocycles. The zero-order valence-corrected chi connectivity index (χ0v) is 13.5. The first-order chi connectivity index (χ1) is 9.34. The van der Waals surface area contributed by atoms with Gasteiger partial charge in [0.1, 0.15) is 0 Å². The Labute approximate surface area is 122 Å². The monoisotopic (exact) mass is 264 g/mol. The van der Waals surface area contributed by atoms with Gasteiger partial charge in [-0.3, -0.25) is 0 Å². The number of benzene rings is 2. The Morgan fingerprint density at radius 2 is 1.50 bits per heavy atom. The Hall–Kier alpha value is -1.56. The van der Waals surface area contributed by atoms with Gasteiger partial charge in [0, 0.05) is 5.41 Å². The van der Waals surface area contributed by atoms with Crippen LogP contribution in [-0.4, -0.2) is 0 Å². The van der Waals surface area contributed by atoms with Crippen LogP contribution in [0.5, 0.6) is 0 Å². The average Bonchev–Trinajstić information content (AvgIpc) is 2.60. The fourth-order valence-electron chi connectivity index (χ4n) is 3.64. The number of rotatable bonds is 1. The van der Waals surface area contributed by atoms with Gasteiger partial charge in [-0.05, 0) is 58.7 Å². The van der Waals surface area contributed by atoms with Crippen LogP contribution in [0.25, 0.3) is 11.1 Å². The lowest BCUT2D eigenvalue weighted by Gasteiger charge is -2.23. The van der Waals surface area contributed by atoms with E-state index in [4.69, 9.17) is 0 Å². The van der Waals surface area contributed by atoms with Crippen LogP contribution in [0.3, 0.4) is 0 Å². The number of fused-ring (bicyclic) bond motifs is 3. The van der Waals surface area contributed by atoms with Crippen LogP contribution < -0.4 is 0 Å². The fraction of sp³-hybridized carbons (Fsp3) is 0.400. The van der Waals surface area contributed by atoms with Crippen LogP contribution in [0.1, 0.15) is 61.4 Å². The van der Waals surface area contributed by atoms with Crippen LogP contribution >= 0.6 is 0 Å². The molecule has 1 aliphatic rings. The number of hydrogen-bond donors (Lipinski definition) is 0. The topological polar surface area (TPSA) is 0 Å². The van der Waals surface area contributed by atoms with E-state index < -0.39 is 0 Å². The van der Waals surface area contributed by atoms with Gasteiger partial charge in [-0.25, -0.2) is 0 Å². The summed E-state index contributed by atoms with van der Waals surface area (Å²) < 4.78 is 0. The largest absolute Gasteiger partial charge is 0.0617 e. The minimum atomic E-state index is 0.117. The Morgan fingerprint density at radius 1 is 0.850 bits per heavy atom. The van der Waals surface area contributed by atoms with E-state index in [1.165, 1.54) is 38.9 Å². The van der Waals surface area contributed by atoms with Crippen molar-refractivity contribution < 1.29 is 0 Å². The molecule has 3 rings (SSSR count). The summed E-state index contributed by atoms with van der Waals surface area (Å²) in [4.78, 5) is 0. The Bertz CT molecular complexity index is 687. The van der Waals surface area contributed by atoms with Gasteiger partial charge in [0.2, 0.25) is 0 Å². The molecule has 0 aliphatic heterocycles. The van der Waals surface area contributed by atoms with Crippen molar-refractivity contribution in [1.82, 2.24) is 0 Å². The molecule has 20 heavy (non-hydrogen) atoms. The normalized spacial score (nSPS) is 15.3. The van der Waals surface area contributed by atoms with Gasteiger partial charge >= 0.3 is 0 Å². The highest BCUT2D eigenvalue weighted by Crippen LogP contribution is 2.51. The molecule has 0 fully saturated rings. The highest BCUT2D eigenvalue weighted by atomic mass is 14.4. The van der Waals surface area contributed by atoms with Crippen LogP contribution in [0.4, 0.5) is 0 Å². The predicted molar refractivity (Wildman–Crippen MR) is 87.6 cm³/mol. The minimum Gasteiger partial charge on any atom is -0.0617 e. The summed E-state index contributed by atoms with van der Waals surface area (Å²) in [6, 6.07) is 11.5. The van der Waals surface area contributed by atoms with Crippen molar-refractivity contribution in [3.8, 4) is 11.1 Å². The SMILES string of the molecule is Cc1cccc2c1-c1c(C)cc(C(C)C)cc1C2(C)C. The summed E-state index contributed by atoms with van der Waals surface area (Å²) in [7, 11) is 0. The fourth-order valence-corrected chi connectivity index (χ4v) is 3.64. The molecule has 0 N–H and O–H groups in total. The standard InChI is InChI=1S/C20H24/c1-12(2)15-10-14(4)19-17(11-15)20(5,6)16-9-7-8-13(3)18(16)19/h7-12H,1-6H3. The Balaban J connectivity index is 2.40. The summed E-state index contributed by atoms with van der Waals surface area (Å²) >= 11 is 0. The second-order valence-corrected chi connectivity index (χ2v) is 7.04. The van der Waals surface area contributed by atoms with Crippen molar-refractivity contribution in [2.75, 3.05) is 0 Å². The van der Waals surface area contributed by atoms with Gasteiger partial charge in [-0.2, -0.15) is 0 Å². The molecule has 0 bridgehead atoms. The number of aryl methyl sites for hydroxylation is 2. The second-order valence-electron chi connectivity index (χ2n) is 7.04. The minimum absolute atomic E-state index is 0.117. The Morgan fingerprint density at radius 3 is 2.15 bits per heavy atom. The van der Waals surface area contributed by atoms with E-state index in [9.17, 15) is 0 Å². The third kappa shape index (κ3) is 1.67. The molecule has 0 amide bonds. The molecule has 0 atom stereocenters. The predicted octanol–water partition coefficient (Wildman–Crippen LogP) is 5.73. The van der Waals surface area contributed by atoms with Crippen molar-refractivity contribution in [1.29, 1.82) is 0 Å². The zero-order valence-electron chi connectivity index (χ0n) is 13.5. The molecule has 0 nitrogen and oxygen atoms in total. The van der Waals surface area contributed by atoms with Crippen molar-refractivity contribution in [2.45, 2.75) is 52.9 Å². The first-order valence-corrected chi connectivity index (χ1v) is 7.59. The molecule has 0 unspecified atom stereocenters. The average molecular weight is 264 g/mol. The lowest BCUT2D eigenvalue weighted by Crippen LogP contribution is -2.15. The highest BCUT2D eigenvalue weighted by molar-refractivity contribution is 5.85. The third-order valence-corrected chi connectivity index (χ3v) is 4.89. The lowest BCUT2D eigenvalue weighted by molar-refractivity contribution is 0.657. The molecule has 0 saturated heterocycles. The molecule has 0 aromatic heterocycles. The van der Waals surface area contributed by atoms with Crippen LogP contribution in [0.15, 0.2) is 30.3 Å². The van der Waals surface area contributed by atoms with Crippen LogP contribution in [0.2, 0.25) is 0 Å². The second kappa shape index (κ2) is 4.22. The van der Waals surface area contributed by atoms with Crippen LogP contribution in [-0.2, 0) is 5.41 Å². The van der Waals surface area contributed by atoms with Gasteiger partial charge < -0.3 is 0 Å². The van der Waals surface area contributed by atoms with Gasteiger partial charge in [-0.1, -0.05) is 58.0 Å². The molecular weight excluding hydrogens is 240 g/mol. The van der Waals surface area contributed by atoms with Crippen molar-refractivity contribution in [2.24, 2.45) is 0 Å². The molecule has 104 valence electrons. The molecule has 1 aliphatic carbocycles. The zero-order chi connectivity index (χ0) is 14.7. The third-order valence-electron chi connectivity index (χ3n) is 4.89. The van der Waals surface area contributed by atoms with Crippen molar-refractivity contribution in [3.63, 3.8) is 0 Å². The summed E-state index contributed by atoms with van der Waals surface area (Å²) in [6.07, 6.45) is 0. The van der Waals surface area contributed by atoms with Gasteiger partial charge in [0.15, 0.2) is 0 Å². The quantitative estimate of drug-likeness (QED) is 0.616. The smallest absolute Gasteiger partial charge is 0.0159 e. The molecule has 0 radical (unpaired) electrons. The summed E-state index contributed by atoms with van der Waals surface area (Å²) in [5, 5.41) is 0. The highest BCUT2D eigenvalue weighted by Gasteiger charge is 2.37. The van der Waals surface area contributed by atoms with Crippen LogP contribution in [0, 0.1) is 13.8 Å². The molecule has 0 heterocycles. The Kier molecular flexibility index (Phi) is 2.83. The van der Waals surface area contributed by atoms with E-state index in [2.05, 4.69) is 71.9 Å². The maximum atomic E-state index is 2.44. The molecule has 0 heteroatoms. The maximum Gasteiger partial charge on any atom is 0.0159 e. The summed E-state index contributed by atoms with van der Waals surface area (Å²) in [6.45, 7) is 13.8. The first kappa shape index (κ1) is 13.4. The van der Waals surface area contributed by atoms with Gasteiger partial charge in [0.25, 0.3) is 0 Å². The van der Waals surface area contributed by atoms with Gasteiger partial charge in [0.05, 0.1) is 0 Å². The van der Waals surface area contributed by atoms with Crippen molar-refractivity contribution >= 4 is 0 Å². The van der Waals surface area contributed by atoms with E-state index in [1.54, 1.807) is 0 Å². The van der Waals surface area contributed by atoms with Crippen molar-refractivity contribution in [3.05, 3.63) is 58.1 Å². The molecule has 2 aromatic carbocycles. The van der Waals surface area contributed by atoms with E-state index in [1.807, 2.05) is 0 Å². The molecule has 2 aromatic rings.